The van der Waals surface area contributed by atoms with Gasteiger partial charge in [-0.2, -0.15) is 0 Å². The third-order valence-corrected chi connectivity index (χ3v) is 4.12. The van der Waals surface area contributed by atoms with Crippen LogP contribution in [0.3, 0.4) is 0 Å². The minimum absolute atomic E-state index is 0.0158. The van der Waals surface area contributed by atoms with Gasteiger partial charge in [-0.05, 0) is 25.0 Å². The van der Waals surface area contributed by atoms with Crippen molar-refractivity contribution in [3.8, 4) is 0 Å². The van der Waals surface area contributed by atoms with Gasteiger partial charge < -0.3 is 5.73 Å². The number of pyridine rings is 1. The zero-order valence-corrected chi connectivity index (χ0v) is 12.6. The van der Waals surface area contributed by atoms with Crippen LogP contribution >= 0.6 is 0 Å². The summed E-state index contributed by atoms with van der Waals surface area (Å²) in [5, 5.41) is 7.77. The predicted molar refractivity (Wildman–Crippen MR) is 78.0 cm³/mol. The quantitative estimate of drug-likeness (QED) is 0.836. The zero-order chi connectivity index (χ0) is 15.5. The second kappa shape index (κ2) is 6.00. The molecule has 0 bridgehead atoms. The molecule has 0 saturated carbocycles. The molecule has 2 aromatic heterocycles. The molecule has 0 spiro atoms. The Morgan fingerprint density at radius 2 is 1.86 bits per heavy atom. The molecule has 0 radical (unpaired) electrons. The summed E-state index contributed by atoms with van der Waals surface area (Å²) >= 11 is 0. The van der Waals surface area contributed by atoms with E-state index in [4.69, 9.17) is 5.73 Å². The Hall–Kier alpha value is -2.29. The highest BCUT2D eigenvalue weighted by Gasteiger charge is 2.17. The van der Waals surface area contributed by atoms with Gasteiger partial charge in [0.25, 0.3) is 16.0 Å². The van der Waals surface area contributed by atoms with Gasteiger partial charge >= 0.3 is 0 Å². The van der Waals surface area contributed by atoms with E-state index in [1.807, 2.05) is 13.8 Å². The number of nitrogen functional groups attached to an aromatic ring is 1. The van der Waals surface area contributed by atoms with Crippen molar-refractivity contribution in [2.45, 2.75) is 31.6 Å². The Labute approximate surface area is 122 Å². The van der Waals surface area contributed by atoms with Crippen molar-refractivity contribution in [3.05, 3.63) is 29.7 Å². The maximum atomic E-state index is 12.2. The van der Waals surface area contributed by atoms with Gasteiger partial charge in [0.05, 0.1) is 11.4 Å². The fourth-order valence-electron chi connectivity index (χ4n) is 1.71. The van der Waals surface area contributed by atoms with Gasteiger partial charge in [-0.1, -0.05) is 13.8 Å². The van der Waals surface area contributed by atoms with Crippen molar-refractivity contribution < 1.29 is 8.42 Å². The second-order valence-corrected chi connectivity index (χ2v) is 5.94. The Bertz CT molecular complexity index is 730. The topological polar surface area (TPSA) is 124 Å². The van der Waals surface area contributed by atoms with Crippen molar-refractivity contribution in [3.63, 3.8) is 0 Å². The summed E-state index contributed by atoms with van der Waals surface area (Å²) in [6.07, 6.45) is 2.52. The molecule has 0 atom stereocenters. The van der Waals surface area contributed by atoms with Crippen molar-refractivity contribution in [2.24, 2.45) is 0 Å². The van der Waals surface area contributed by atoms with Gasteiger partial charge in [-0.25, -0.2) is 23.1 Å². The molecule has 0 aliphatic carbocycles. The molecule has 2 aromatic rings. The van der Waals surface area contributed by atoms with Crippen molar-refractivity contribution >= 4 is 21.8 Å². The van der Waals surface area contributed by atoms with Crippen LogP contribution in [0.2, 0.25) is 0 Å². The molecule has 0 aliphatic heterocycles. The molecular formula is C12H16N6O2S. The zero-order valence-electron chi connectivity index (χ0n) is 11.7. The number of sulfonamides is 1. The fourth-order valence-corrected chi connectivity index (χ4v) is 2.59. The molecule has 2 rings (SSSR count). The summed E-state index contributed by atoms with van der Waals surface area (Å²) in [7, 11) is -3.81. The van der Waals surface area contributed by atoms with Crippen LogP contribution in [0, 0.1) is 0 Å². The van der Waals surface area contributed by atoms with E-state index in [0.29, 0.717) is 12.8 Å². The summed E-state index contributed by atoms with van der Waals surface area (Å²) in [5.74, 6) is 0.188. The Morgan fingerprint density at radius 1 is 1.14 bits per heavy atom. The summed E-state index contributed by atoms with van der Waals surface area (Å²) in [6.45, 7) is 3.86. The molecule has 21 heavy (non-hydrogen) atoms. The van der Waals surface area contributed by atoms with E-state index >= 15 is 0 Å². The number of aryl methyl sites for hydroxylation is 2. The lowest BCUT2D eigenvalue weighted by molar-refractivity contribution is 0.600. The van der Waals surface area contributed by atoms with E-state index in [2.05, 4.69) is 24.9 Å². The lowest BCUT2D eigenvalue weighted by Crippen LogP contribution is -2.17. The minimum Gasteiger partial charge on any atom is -0.384 e. The molecule has 112 valence electrons. The van der Waals surface area contributed by atoms with Crippen LogP contribution in [0.25, 0.3) is 0 Å². The van der Waals surface area contributed by atoms with E-state index in [0.717, 1.165) is 11.4 Å². The number of nitrogens with one attached hydrogen (secondary N) is 1. The standard InChI is InChI=1S/C12H16N6O2S/c1-3-9-10(4-2)16-17-12(15-9)18-21(19,20)8-5-6-11(13)14-7-8/h5-7H,3-4H2,1-2H3,(H2,13,14)(H,15,17,18). The molecule has 3 N–H and O–H groups in total. The Morgan fingerprint density at radius 3 is 2.43 bits per heavy atom. The van der Waals surface area contributed by atoms with Crippen LogP contribution < -0.4 is 10.5 Å². The summed E-state index contributed by atoms with van der Waals surface area (Å²) in [6, 6.07) is 2.77. The largest absolute Gasteiger partial charge is 0.384 e. The maximum Gasteiger partial charge on any atom is 0.265 e. The molecule has 0 fully saturated rings. The highest BCUT2D eigenvalue weighted by Crippen LogP contribution is 2.14. The van der Waals surface area contributed by atoms with Crippen molar-refractivity contribution in [1.82, 2.24) is 20.2 Å². The molecular weight excluding hydrogens is 292 g/mol. The molecule has 9 heteroatoms. The van der Waals surface area contributed by atoms with Crippen LogP contribution in [-0.2, 0) is 22.9 Å². The third kappa shape index (κ3) is 3.43. The second-order valence-electron chi connectivity index (χ2n) is 4.26. The van der Waals surface area contributed by atoms with Crippen LogP contribution in [0.1, 0.15) is 25.2 Å². The van der Waals surface area contributed by atoms with Crippen LogP contribution in [-0.4, -0.2) is 28.6 Å². The normalized spacial score (nSPS) is 11.3. The molecule has 0 aromatic carbocycles. The number of aromatic nitrogens is 4. The average molecular weight is 308 g/mol. The Balaban J connectivity index is 2.30. The molecule has 0 saturated heterocycles. The SMILES string of the molecule is CCc1nnc(NS(=O)(=O)c2ccc(N)nc2)nc1CC. The van der Waals surface area contributed by atoms with E-state index in [1.54, 1.807) is 0 Å². The monoisotopic (exact) mass is 308 g/mol. The minimum atomic E-state index is -3.81. The number of hydrogen-bond acceptors (Lipinski definition) is 7. The van der Waals surface area contributed by atoms with Gasteiger partial charge in [0.2, 0.25) is 0 Å². The number of anilines is 2. The van der Waals surface area contributed by atoms with E-state index in [1.165, 1.54) is 18.3 Å². The lowest BCUT2D eigenvalue weighted by Gasteiger charge is -2.08. The molecule has 8 nitrogen and oxygen atoms in total. The number of hydrogen-bond donors (Lipinski definition) is 2. The first kappa shape index (κ1) is 15.1. The number of rotatable bonds is 5. The van der Waals surface area contributed by atoms with E-state index in [9.17, 15) is 8.42 Å². The molecule has 0 unspecified atom stereocenters. The molecule has 2 heterocycles. The van der Waals surface area contributed by atoms with Gasteiger partial charge in [-0.15, -0.1) is 10.2 Å². The van der Waals surface area contributed by atoms with Gasteiger partial charge in [-0.3, -0.25) is 0 Å². The first-order valence-corrected chi connectivity index (χ1v) is 7.91. The third-order valence-electron chi connectivity index (χ3n) is 2.80. The average Bonchev–Trinajstić information content (AvgIpc) is 2.47. The summed E-state index contributed by atoms with van der Waals surface area (Å²) in [5.41, 5.74) is 6.91. The van der Waals surface area contributed by atoms with Crippen molar-refractivity contribution in [2.75, 3.05) is 10.5 Å². The van der Waals surface area contributed by atoms with E-state index in [-0.39, 0.29) is 16.7 Å². The van der Waals surface area contributed by atoms with Gasteiger partial charge in [0, 0.05) is 6.20 Å². The summed E-state index contributed by atoms with van der Waals surface area (Å²) in [4.78, 5) is 7.92. The Kier molecular flexibility index (Phi) is 4.32. The van der Waals surface area contributed by atoms with Gasteiger partial charge in [0.1, 0.15) is 10.7 Å². The molecule has 0 aliphatic rings. The van der Waals surface area contributed by atoms with Gasteiger partial charge in [0.15, 0.2) is 0 Å². The molecule has 0 amide bonds. The van der Waals surface area contributed by atoms with Crippen molar-refractivity contribution in [1.29, 1.82) is 0 Å². The maximum absolute atomic E-state index is 12.2. The highest BCUT2D eigenvalue weighted by molar-refractivity contribution is 7.92. The first-order valence-electron chi connectivity index (χ1n) is 6.43. The van der Waals surface area contributed by atoms with Crippen LogP contribution in [0.15, 0.2) is 23.2 Å². The predicted octanol–water partition coefficient (Wildman–Crippen LogP) is 0.774. The summed E-state index contributed by atoms with van der Waals surface area (Å²) < 4.78 is 26.6. The van der Waals surface area contributed by atoms with Crippen LogP contribution in [0.4, 0.5) is 11.8 Å². The number of nitrogens with zero attached hydrogens (tertiary/aromatic N) is 4. The first-order chi connectivity index (χ1) is 9.96. The smallest absolute Gasteiger partial charge is 0.265 e. The van der Waals surface area contributed by atoms with E-state index < -0.39 is 10.0 Å². The fraction of sp³-hybridized carbons (Fsp3) is 0.333. The number of nitrogens with two attached hydrogens (primary N) is 1. The van der Waals surface area contributed by atoms with Crippen LogP contribution in [0.5, 0.6) is 0 Å². The lowest BCUT2D eigenvalue weighted by atomic mass is 10.2. The highest BCUT2D eigenvalue weighted by atomic mass is 32.2.